The largest absolute Gasteiger partial charge is 0.460 e. The number of benzene rings is 1. The van der Waals surface area contributed by atoms with Gasteiger partial charge < -0.3 is 9.73 Å². The summed E-state index contributed by atoms with van der Waals surface area (Å²) in [6.45, 7) is 11.9. The van der Waals surface area contributed by atoms with Gasteiger partial charge in [-0.15, -0.1) is 0 Å². The molecule has 154 valence electrons. The van der Waals surface area contributed by atoms with E-state index < -0.39 is 0 Å². The van der Waals surface area contributed by atoms with Crippen molar-refractivity contribution in [2.24, 2.45) is 0 Å². The average molecular weight is 395 g/mol. The van der Waals surface area contributed by atoms with Crippen LogP contribution in [-0.4, -0.2) is 45.8 Å². The number of carbonyl (C=O) groups is 1. The number of rotatable bonds is 8. The van der Waals surface area contributed by atoms with Crippen LogP contribution < -0.4 is 5.32 Å². The van der Waals surface area contributed by atoms with Crippen molar-refractivity contribution in [2.75, 3.05) is 13.1 Å². The number of hydrogen-bond donors (Lipinski definition) is 1. The molecule has 29 heavy (non-hydrogen) atoms. The van der Waals surface area contributed by atoms with E-state index >= 15 is 0 Å². The zero-order valence-electron chi connectivity index (χ0n) is 17.8. The second-order valence-electron chi connectivity index (χ2n) is 7.76. The quantitative estimate of drug-likeness (QED) is 0.619. The normalized spacial score (nSPS) is 11.6. The van der Waals surface area contributed by atoms with Gasteiger partial charge in [-0.3, -0.25) is 9.69 Å². The van der Waals surface area contributed by atoms with Crippen molar-refractivity contribution < 1.29 is 9.21 Å². The van der Waals surface area contributed by atoms with E-state index in [1.54, 1.807) is 10.9 Å². The maximum absolute atomic E-state index is 13.0. The lowest BCUT2D eigenvalue weighted by atomic mass is 10.2. The van der Waals surface area contributed by atoms with Gasteiger partial charge in [-0.05, 0) is 58.9 Å². The van der Waals surface area contributed by atoms with Crippen molar-refractivity contribution in [3.63, 3.8) is 0 Å². The fourth-order valence-electron chi connectivity index (χ4n) is 3.50. The predicted octanol–water partition coefficient (Wildman–Crippen LogP) is 4.29. The summed E-state index contributed by atoms with van der Waals surface area (Å²) in [5.74, 6) is 1.22. The number of amides is 1. The first-order valence-corrected chi connectivity index (χ1v) is 10.1. The second-order valence-corrected chi connectivity index (χ2v) is 7.76. The fourth-order valence-corrected chi connectivity index (χ4v) is 3.50. The van der Waals surface area contributed by atoms with Crippen LogP contribution in [0.5, 0.6) is 0 Å². The maximum Gasteiger partial charge on any atom is 0.255 e. The summed E-state index contributed by atoms with van der Waals surface area (Å²) in [6, 6.07) is 14.3. The monoisotopic (exact) mass is 394 g/mol. The highest BCUT2D eigenvalue weighted by Gasteiger charge is 2.21. The van der Waals surface area contributed by atoms with Gasteiger partial charge in [-0.2, -0.15) is 5.10 Å². The van der Waals surface area contributed by atoms with Crippen LogP contribution in [-0.2, 0) is 0 Å². The van der Waals surface area contributed by atoms with Gasteiger partial charge in [0.1, 0.15) is 11.5 Å². The molecule has 1 aromatic carbocycles. The molecule has 0 aliphatic heterocycles. The van der Waals surface area contributed by atoms with Crippen molar-refractivity contribution >= 4 is 5.91 Å². The number of nitrogens with one attached hydrogen (secondary N) is 1. The van der Waals surface area contributed by atoms with Gasteiger partial charge in [0.25, 0.3) is 5.91 Å². The van der Waals surface area contributed by atoms with Crippen LogP contribution in [0.15, 0.2) is 53.1 Å². The number of carbonyl (C=O) groups excluding carboxylic acids is 1. The molecule has 0 bridgehead atoms. The average Bonchev–Trinajstić information content (AvgIpc) is 3.31. The van der Waals surface area contributed by atoms with Crippen LogP contribution in [0.3, 0.4) is 0 Å². The SMILES string of the molecule is Cc1ccc(-c2nn(-c3ccccc3)cc2C(=O)NCCN(C(C)C)C(C)C)o1. The molecule has 0 saturated heterocycles. The zero-order valence-corrected chi connectivity index (χ0v) is 17.8. The lowest BCUT2D eigenvalue weighted by Gasteiger charge is -2.30. The van der Waals surface area contributed by atoms with Gasteiger partial charge in [0.15, 0.2) is 5.76 Å². The smallest absolute Gasteiger partial charge is 0.255 e. The van der Waals surface area contributed by atoms with E-state index in [0.29, 0.717) is 35.6 Å². The summed E-state index contributed by atoms with van der Waals surface area (Å²) in [5, 5.41) is 7.68. The Kier molecular flexibility index (Phi) is 6.54. The van der Waals surface area contributed by atoms with Gasteiger partial charge in [0.05, 0.1) is 11.3 Å². The molecule has 0 radical (unpaired) electrons. The lowest BCUT2D eigenvalue weighted by molar-refractivity contribution is 0.0940. The molecular weight excluding hydrogens is 364 g/mol. The summed E-state index contributed by atoms with van der Waals surface area (Å²) in [7, 11) is 0. The van der Waals surface area contributed by atoms with Crippen LogP contribution >= 0.6 is 0 Å². The molecule has 2 aromatic heterocycles. The van der Waals surface area contributed by atoms with Gasteiger partial charge in [-0.25, -0.2) is 4.68 Å². The van der Waals surface area contributed by atoms with E-state index in [4.69, 9.17) is 4.42 Å². The van der Waals surface area contributed by atoms with Gasteiger partial charge in [0, 0.05) is 31.4 Å². The molecular formula is C23H30N4O2. The Morgan fingerprint density at radius 3 is 2.38 bits per heavy atom. The van der Waals surface area contributed by atoms with Gasteiger partial charge in [0.2, 0.25) is 0 Å². The standard InChI is InChI=1S/C23H30N4O2/c1-16(2)26(17(3)4)14-13-24-23(28)20-15-27(19-9-7-6-8-10-19)25-22(20)21-12-11-18(5)29-21/h6-12,15-17H,13-14H2,1-5H3,(H,24,28). The van der Waals surface area contributed by atoms with Crippen molar-refractivity contribution in [2.45, 2.75) is 46.7 Å². The predicted molar refractivity (Wildman–Crippen MR) is 115 cm³/mol. The highest BCUT2D eigenvalue weighted by molar-refractivity contribution is 5.99. The highest BCUT2D eigenvalue weighted by Crippen LogP contribution is 2.25. The minimum absolute atomic E-state index is 0.149. The van der Waals surface area contributed by atoms with E-state index in [1.807, 2.05) is 49.4 Å². The Morgan fingerprint density at radius 2 is 1.79 bits per heavy atom. The molecule has 1 N–H and O–H groups in total. The van der Waals surface area contributed by atoms with Crippen molar-refractivity contribution in [1.29, 1.82) is 0 Å². The van der Waals surface area contributed by atoms with Gasteiger partial charge >= 0.3 is 0 Å². The molecule has 0 saturated carbocycles. The Hall–Kier alpha value is -2.86. The third-order valence-corrected chi connectivity index (χ3v) is 4.94. The van der Waals surface area contributed by atoms with Crippen LogP contribution in [0, 0.1) is 6.92 Å². The van der Waals surface area contributed by atoms with Crippen molar-refractivity contribution in [1.82, 2.24) is 20.0 Å². The number of aromatic nitrogens is 2. The molecule has 3 rings (SSSR count). The molecule has 0 unspecified atom stereocenters. The van der Waals surface area contributed by atoms with E-state index in [1.165, 1.54) is 0 Å². The number of hydrogen-bond acceptors (Lipinski definition) is 4. The van der Waals surface area contributed by atoms with Crippen LogP contribution in [0.25, 0.3) is 17.1 Å². The number of furan rings is 1. The summed E-state index contributed by atoms with van der Waals surface area (Å²) >= 11 is 0. The molecule has 0 aliphatic rings. The van der Waals surface area contributed by atoms with Crippen LogP contribution in [0.4, 0.5) is 0 Å². The second kappa shape index (κ2) is 9.09. The summed E-state index contributed by atoms with van der Waals surface area (Å²) in [5.41, 5.74) is 1.94. The first-order chi connectivity index (χ1) is 13.9. The zero-order chi connectivity index (χ0) is 21.0. The molecule has 0 fully saturated rings. The van der Waals surface area contributed by atoms with E-state index in [-0.39, 0.29) is 5.91 Å². The Morgan fingerprint density at radius 1 is 1.10 bits per heavy atom. The Balaban J connectivity index is 1.83. The molecule has 2 heterocycles. The molecule has 1 amide bonds. The molecule has 6 heteroatoms. The molecule has 0 atom stereocenters. The molecule has 0 spiro atoms. The minimum atomic E-state index is -0.149. The van der Waals surface area contributed by atoms with Crippen molar-refractivity contribution in [3.05, 3.63) is 60.0 Å². The first-order valence-electron chi connectivity index (χ1n) is 10.1. The highest BCUT2D eigenvalue weighted by atomic mass is 16.3. The number of para-hydroxylation sites is 1. The maximum atomic E-state index is 13.0. The van der Waals surface area contributed by atoms with E-state index in [9.17, 15) is 4.79 Å². The first kappa shape index (κ1) is 20.9. The summed E-state index contributed by atoms with van der Waals surface area (Å²) < 4.78 is 7.47. The number of aryl methyl sites for hydroxylation is 1. The molecule has 6 nitrogen and oxygen atoms in total. The summed E-state index contributed by atoms with van der Waals surface area (Å²) in [6.07, 6.45) is 1.76. The van der Waals surface area contributed by atoms with E-state index in [2.05, 4.69) is 43.0 Å². The van der Waals surface area contributed by atoms with Crippen LogP contribution in [0.1, 0.15) is 43.8 Å². The number of nitrogens with zero attached hydrogens (tertiary/aromatic N) is 3. The Labute approximate surface area is 172 Å². The summed E-state index contributed by atoms with van der Waals surface area (Å²) in [4.78, 5) is 15.3. The van der Waals surface area contributed by atoms with E-state index in [0.717, 1.165) is 18.0 Å². The van der Waals surface area contributed by atoms with Gasteiger partial charge in [-0.1, -0.05) is 18.2 Å². The molecule has 3 aromatic rings. The minimum Gasteiger partial charge on any atom is -0.460 e. The lowest BCUT2D eigenvalue weighted by Crippen LogP contribution is -2.42. The van der Waals surface area contributed by atoms with Crippen LogP contribution in [0.2, 0.25) is 0 Å². The fraction of sp³-hybridized carbons (Fsp3) is 0.391. The Bertz CT molecular complexity index is 933. The third kappa shape index (κ3) is 4.95. The molecule has 0 aliphatic carbocycles. The topological polar surface area (TPSA) is 63.3 Å². The third-order valence-electron chi connectivity index (χ3n) is 4.94. The van der Waals surface area contributed by atoms with Crippen molar-refractivity contribution in [3.8, 4) is 17.1 Å².